The van der Waals surface area contributed by atoms with Gasteiger partial charge in [-0.15, -0.1) is 0 Å². The number of rotatable bonds is 6. The molecule has 0 saturated heterocycles. The molecule has 0 aromatic heterocycles. The van der Waals surface area contributed by atoms with Gasteiger partial charge in [0, 0.05) is 6.54 Å². The predicted octanol–water partition coefficient (Wildman–Crippen LogP) is 0.498. The van der Waals surface area contributed by atoms with Gasteiger partial charge in [0.15, 0.2) is 0 Å². The molecule has 1 aliphatic rings. The lowest BCUT2D eigenvalue weighted by molar-refractivity contribution is -0.149. The van der Waals surface area contributed by atoms with Crippen molar-refractivity contribution in [3.63, 3.8) is 0 Å². The van der Waals surface area contributed by atoms with Crippen molar-refractivity contribution in [2.75, 3.05) is 6.54 Å². The second-order valence-electron chi connectivity index (χ2n) is 4.40. The van der Waals surface area contributed by atoms with Gasteiger partial charge in [0.25, 0.3) is 0 Å². The Bertz CT molecular complexity index is 274. The number of carbonyl (C=O) groups is 2. The second kappa shape index (κ2) is 5.30. The Hall–Kier alpha value is -1.10. The summed E-state index contributed by atoms with van der Waals surface area (Å²) in [6, 6.07) is -0.456. The van der Waals surface area contributed by atoms with Gasteiger partial charge in [0.1, 0.15) is 5.54 Å². The number of amides is 1. The number of carbonyl (C=O) groups excluding carboxylic acids is 1. The van der Waals surface area contributed by atoms with E-state index in [0.29, 0.717) is 19.4 Å². The molecule has 1 fully saturated rings. The van der Waals surface area contributed by atoms with Crippen LogP contribution in [0.4, 0.5) is 0 Å². The van der Waals surface area contributed by atoms with E-state index in [1.165, 1.54) is 0 Å². The zero-order valence-corrected chi connectivity index (χ0v) is 9.88. The molecule has 0 spiro atoms. The number of hydrogen-bond acceptors (Lipinski definition) is 3. The SMILES string of the molecule is CCCNC(=O)C(C)NC1(C(=O)O)CCC1. The molecule has 1 rings (SSSR count). The van der Waals surface area contributed by atoms with Gasteiger partial charge in [0.2, 0.25) is 5.91 Å². The van der Waals surface area contributed by atoms with Crippen molar-refractivity contribution in [3.8, 4) is 0 Å². The molecule has 0 aromatic carbocycles. The molecule has 1 atom stereocenters. The summed E-state index contributed by atoms with van der Waals surface area (Å²) in [5.41, 5.74) is -0.872. The Morgan fingerprint density at radius 2 is 2.06 bits per heavy atom. The zero-order chi connectivity index (χ0) is 12.2. The van der Waals surface area contributed by atoms with Crippen LogP contribution in [0.25, 0.3) is 0 Å². The fourth-order valence-corrected chi connectivity index (χ4v) is 1.83. The summed E-state index contributed by atoms with van der Waals surface area (Å²) in [6.07, 6.45) is 2.99. The fourth-order valence-electron chi connectivity index (χ4n) is 1.83. The summed E-state index contributed by atoms with van der Waals surface area (Å²) >= 11 is 0. The monoisotopic (exact) mass is 228 g/mol. The molecular weight excluding hydrogens is 208 g/mol. The molecule has 3 N–H and O–H groups in total. The summed E-state index contributed by atoms with van der Waals surface area (Å²) in [5.74, 6) is -0.983. The minimum atomic E-state index is -0.872. The fraction of sp³-hybridized carbons (Fsp3) is 0.818. The molecule has 0 heterocycles. The second-order valence-corrected chi connectivity index (χ2v) is 4.40. The molecular formula is C11H20N2O3. The van der Waals surface area contributed by atoms with Gasteiger partial charge in [-0.3, -0.25) is 14.9 Å². The van der Waals surface area contributed by atoms with Crippen LogP contribution in [0.3, 0.4) is 0 Å². The van der Waals surface area contributed by atoms with E-state index < -0.39 is 17.6 Å². The minimum absolute atomic E-state index is 0.130. The van der Waals surface area contributed by atoms with E-state index in [0.717, 1.165) is 12.8 Å². The normalized spacial score (nSPS) is 19.6. The Labute approximate surface area is 95.6 Å². The highest BCUT2D eigenvalue weighted by Crippen LogP contribution is 2.32. The van der Waals surface area contributed by atoms with Crippen LogP contribution >= 0.6 is 0 Å². The summed E-state index contributed by atoms with van der Waals surface area (Å²) in [5, 5.41) is 14.8. The summed E-state index contributed by atoms with van der Waals surface area (Å²) in [7, 11) is 0. The van der Waals surface area contributed by atoms with E-state index in [2.05, 4.69) is 10.6 Å². The average molecular weight is 228 g/mol. The van der Waals surface area contributed by atoms with Crippen LogP contribution in [0, 0.1) is 0 Å². The Balaban J connectivity index is 2.46. The van der Waals surface area contributed by atoms with Crippen LogP contribution in [-0.4, -0.2) is 35.1 Å². The van der Waals surface area contributed by atoms with Crippen molar-refractivity contribution in [1.29, 1.82) is 0 Å². The first-order valence-corrected chi connectivity index (χ1v) is 5.80. The van der Waals surface area contributed by atoms with Gasteiger partial charge in [-0.2, -0.15) is 0 Å². The third kappa shape index (κ3) is 2.72. The Morgan fingerprint density at radius 1 is 1.44 bits per heavy atom. The predicted molar refractivity (Wildman–Crippen MR) is 60.1 cm³/mol. The van der Waals surface area contributed by atoms with Crippen molar-refractivity contribution in [3.05, 3.63) is 0 Å². The van der Waals surface area contributed by atoms with E-state index in [1.54, 1.807) is 6.92 Å². The van der Waals surface area contributed by atoms with Gasteiger partial charge < -0.3 is 10.4 Å². The van der Waals surface area contributed by atoms with E-state index in [1.807, 2.05) is 6.92 Å². The zero-order valence-electron chi connectivity index (χ0n) is 9.88. The van der Waals surface area contributed by atoms with Crippen LogP contribution in [0.15, 0.2) is 0 Å². The van der Waals surface area contributed by atoms with Crippen molar-refractivity contribution in [2.24, 2.45) is 0 Å². The van der Waals surface area contributed by atoms with Crippen LogP contribution in [-0.2, 0) is 9.59 Å². The standard InChI is InChI=1S/C11H20N2O3/c1-3-7-12-9(14)8(2)13-11(10(15)16)5-4-6-11/h8,13H,3-7H2,1-2H3,(H,12,14)(H,15,16). The minimum Gasteiger partial charge on any atom is -0.480 e. The molecule has 5 heteroatoms. The molecule has 1 saturated carbocycles. The van der Waals surface area contributed by atoms with E-state index in [9.17, 15) is 9.59 Å². The first kappa shape index (κ1) is 13.0. The number of hydrogen-bond donors (Lipinski definition) is 3. The maximum Gasteiger partial charge on any atom is 0.323 e. The lowest BCUT2D eigenvalue weighted by atomic mass is 9.76. The molecule has 1 unspecified atom stereocenters. The summed E-state index contributed by atoms with van der Waals surface area (Å²) in [6.45, 7) is 4.31. The van der Waals surface area contributed by atoms with Crippen molar-refractivity contribution in [2.45, 2.75) is 51.1 Å². The smallest absolute Gasteiger partial charge is 0.323 e. The lowest BCUT2D eigenvalue weighted by Crippen LogP contribution is -2.62. The van der Waals surface area contributed by atoms with Crippen molar-refractivity contribution < 1.29 is 14.7 Å². The Kier molecular flexibility index (Phi) is 4.29. The van der Waals surface area contributed by atoms with Crippen LogP contribution in [0.5, 0.6) is 0 Å². The molecule has 1 amide bonds. The highest BCUT2D eigenvalue weighted by Gasteiger charge is 2.45. The molecule has 0 radical (unpaired) electrons. The maximum absolute atomic E-state index is 11.6. The first-order chi connectivity index (χ1) is 7.52. The van der Waals surface area contributed by atoms with Crippen molar-refractivity contribution >= 4 is 11.9 Å². The van der Waals surface area contributed by atoms with Crippen molar-refractivity contribution in [1.82, 2.24) is 10.6 Å². The largest absolute Gasteiger partial charge is 0.480 e. The first-order valence-electron chi connectivity index (χ1n) is 5.80. The molecule has 1 aliphatic carbocycles. The molecule has 0 bridgehead atoms. The number of carboxylic acids is 1. The molecule has 16 heavy (non-hydrogen) atoms. The van der Waals surface area contributed by atoms with Gasteiger partial charge in [-0.1, -0.05) is 6.92 Å². The molecule has 0 aliphatic heterocycles. The lowest BCUT2D eigenvalue weighted by Gasteiger charge is -2.40. The third-order valence-corrected chi connectivity index (χ3v) is 3.05. The number of aliphatic carboxylic acids is 1. The van der Waals surface area contributed by atoms with Gasteiger partial charge in [0.05, 0.1) is 6.04 Å². The Morgan fingerprint density at radius 3 is 2.44 bits per heavy atom. The molecule has 5 nitrogen and oxygen atoms in total. The highest BCUT2D eigenvalue weighted by atomic mass is 16.4. The van der Waals surface area contributed by atoms with E-state index >= 15 is 0 Å². The van der Waals surface area contributed by atoms with Crippen LogP contribution in [0.2, 0.25) is 0 Å². The van der Waals surface area contributed by atoms with Crippen LogP contribution < -0.4 is 10.6 Å². The number of carboxylic acid groups (broad SMARTS) is 1. The van der Waals surface area contributed by atoms with Gasteiger partial charge >= 0.3 is 5.97 Å². The maximum atomic E-state index is 11.6. The third-order valence-electron chi connectivity index (χ3n) is 3.05. The molecule has 0 aromatic rings. The topological polar surface area (TPSA) is 78.4 Å². The van der Waals surface area contributed by atoms with Gasteiger partial charge in [-0.25, -0.2) is 0 Å². The highest BCUT2D eigenvalue weighted by molar-refractivity contribution is 5.84. The average Bonchev–Trinajstić information content (AvgIpc) is 2.18. The van der Waals surface area contributed by atoms with E-state index in [4.69, 9.17) is 5.11 Å². The van der Waals surface area contributed by atoms with Gasteiger partial charge in [-0.05, 0) is 32.6 Å². The number of nitrogens with one attached hydrogen (secondary N) is 2. The molecule has 92 valence electrons. The van der Waals surface area contributed by atoms with E-state index in [-0.39, 0.29) is 5.91 Å². The van der Waals surface area contributed by atoms with Crippen LogP contribution in [0.1, 0.15) is 39.5 Å². The quantitative estimate of drug-likeness (QED) is 0.618. The summed E-state index contributed by atoms with van der Waals surface area (Å²) in [4.78, 5) is 22.7. The summed E-state index contributed by atoms with van der Waals surface area (Å²) < 4.78 is 0.